The van der Waals surface area contributed by atoms with Crippen molar-refractivity contribution in [2.45, 2.75) is 26.3 Å². The molecule has 0 fully saturated rings. The Morgan fingerprint density at radius 3 is 2.79 bits per heavy atom. The molecule has 0 aliphatic heterocycles. The van der Waals surface area contributed by atoms with Gasteiger partial charge in [0, 0.05) is 17.5 Å². The van der Waals surface area contributed by atoms with E-state index in [0.29, 0.717) is 12.2 Å². The summed E-state index contributed by atoms with van der Waals surface area (Å²) in [6.07, 6.45) is 0.671. The number of tetrazole rings is 1. The number of hydrogen-bond donors (Lipinski definition) is 1. The molecule has 0 saturated heterocycles. The summed E-state index contributed by atoms with van der Waals surface area (Å²) in [4.78, 5) is 1.47. The predicted molar refractivity (Wildman–Crippen MR) is 75.1 cm³/mol. The van der Waals surface area contributed by atoms with Crippen LogP contribution >= 0.6 is 11.6 Å². The zero-order valence-corrected chi connectivity index (χ0v) is 12.1. The third-order valence-corrected chi connectivity index (χ3v) is 3.25. The predicted octanol–water partition coefficient (Wildman–Crippen LogP) is 2.07. The van der Waals surface area contributed by atoms with Crippen molar-refractivity contribution in [3.63, 3.8) is 0 Å². The lowest BCUT2D eigenvalue weighted by Gasteiger charge is -2.18. The van der Waals surface area contributed by atoms with Gasteiger partial charge in [0.15, 0.2) is 5.82 Å². The minimum atomic E-state index is 0.0994. The van der Waals surface area contributed by atoms with Crippen LogP contribution in [0.5, 0.6) is 0 Å². The summed E-state index contributed by atoms with van der Waals surface area (Å²) in [5, 5.41) is 16.3. The van der Waals surface area contributed by atoms with Gasteiger partial charge in [0.25, 0.3) is 0 Å². The van der Waals surface area contributed by atoms with Crippen molar-refractivity contribution in [1.29, 1.82) is 0 Å². The van der Waals surface area contributed by atoms with Gasteiger partial charge in [-0.3, -0.25) is 0 Å². The second-order valence-electron chi connectivity index (χ2n) is 4.53. The van der Waals surface area contributed by atoms with E-state index in [0.717, 1.165) is 22.7 Å². The first-order chi connectivity index (χ1) is 9.10. The second kappa shape index (κ2) is 6.12. The smallest absolute Gasteiger partial charge is 0.176 e. The van der Waals surface area contributed by atoms with Gasteiger partial charge in [-0.15, -0.1) is 10.2 Å². The molecule has 0 spiro atoms. The second-order valence-corrected chi connectivity index (χ2v) is 4.94. The minimum Gasteiger partial charge on any atom is -0.310 e. The molecule has 0 bridgehead atoms. The largest absolute Gasteiger partial charge is 0.310 e. The fourth-order valence-corrected chi connectivity index (χ4v) is 2.41. The molecular weight excluding hydrogens is 262 g/mol. The summed E-state index contributed by atoms with van der Waals surface area (Å²) < 4.78 is 0. The molecule has 1 unspecified atom stereocenters. The van der Waals surface area contributed by atoms with E-state index >= 15 is 0 Å². The van der Waals surface area contributed by atoms with Crippen LogP contribution in [0.25, 0.3) is 0 Å². The lowest BCUT2D eigenvalue weighted by Crippen LogP contribution is -2.23. The molecule has 0 aliphatic carbocycles. The van der Waals surface area contributed by atoms with E-state index in [1.165, 1.54) is 4.80 Å². The third-order valence-electron chi connectivity index (χ3n) is 2.92. The van der Waals surface area contributed by atoms with Gasteiger partial charge in [0.05, 0.1) is 7.05 Å². The minimum absolute atomic E-state index is 0.0994. The Bertz CT molecular complexity index is 552. The Hall–Kier alpha value is -1.46. The highest BCUT2D eigenvalue weighted by molar-refractivity contribution is 6.31. The first-order valence-corrected chi connectivity index (χ1v) is 6.70. The number of benzene rings is 1. The van der Waals surface area contributed by atoms with E-state index in [1.807, 2.05) is 13.0 Å². The maximum atomic E-state index is 6.33. The van der Waals surface area contributed by atoms with E-state index in [9.17, 15) is 0 Å². The van der Waals surface area contributed by atoms with Crippen LogP contribution in [0.1, 0.15) is 29.9 Å². The van der Waals surface area contributed by atoms with E-state index < -0.39 is 0 Å². The molecular formula is C13H18ClN5. The number of halogens is 1. The van der Waals surface area contributed by atoms with E-state index in [1.54, 1.807) is 7.05 Å². The molecule has 6 heteroatoms. The Balaban J connectivity index is 2.23. The zero-order chi connectivity index (χ0) is 13.8. The van der Waals surface area contributed by atoms with Crippen molar-refractivity contribution >= 4 is 11.6 Å². The quantitative estimate of drug-likeness (QED) is 0.910. The summed E-state index contributed by atoms with van der Waals surface area (Å²) in [7, 11) is 1.76. The van der Waals surface area contributed by atoms with E-state index in [2.05, 4.69) is 39.8 Å². The first kappa shape index (κ1) is 14.0. The number of likely N-dealkylation sites (N-methyl/N-ethyl adjacent to an activating group) is 1. The van der Waals surface area contributed by atoms with Crippen LogP contribution in [0, 0.1) is 6.92 Å². The molecule has 5 nitrogen and oxygen atoms in total. The summed E-state index contributed by atoms with van der Waals surface area (Å²) >= 11 is 6.33. The molecule has 2 aromatic rings. The molecule has 1 aromatic carbocycles. The van der Waals surface area contributed by atoms with Crippen LogP contribution < -0.4 is 5.32 Å². The average molecular weight is 280 g/mol. The van der Waals surface area contributed by atoms with Crippen molar-refractivity contribution in [1.82, 2.24) is 25.5 Å². The maximum absolute atomic E-state index is 6.33. The SMILES string of the molecule is CCNC(Cc1nnn(C)n1)c1ccc(C)cc1Cl. The number of rotatable bonds is 5. The van der Waals surface area contributed by atoms with Gasteiger partial charge in [-0.2, -0.15) is 4.80 Å². The summed E-state index contributed by atoms with van der Waals surface area (Å²) in [6.45, 7) is 4.95. The van der Waals surface area contributed by atoms with Crippen molar-refractivity contribution in [3.05, 3.63) is 40.2 Å². The molecule has 102 valence electrons. The third kappa shape index (κ3) is 3.52. The van der Waals surface area contributed by atoms with Crippen LogP contribution in [0.4, 0.5) is 0 Å². The van der Waals surface area contributed by atoms with Crippen LogP contribution in [-0.4, -0.2) is 26.8 Å². The molecule has 0 aliphatic rings. The van der Waals surface area contributed by atoms with Crippen molar-refractivity contribution in [2.75, 3.05) is 6.54 Å². The standard InChI is InChI=1S/C13H18ClN5/c1-4-15-12(8-13-16-18-19(3)17-13)10-6-5-9(2)7-11(10)14/h5-7,12,15H,4,8H2,1-3H3. The molecule has 1 heterocycles. The first-order valence-electron chi connectivity index (χ1n) is 6.32. The average Bonchev–Trinajstić information content (AvgIpc) is 2.74. The number of nitrogens with zero attached hydrogens (tertiary/aromatic N) is 4. The molecule has 1 N–H and O–H groups in total. The van der Waals surface area contributed by atoms with Crippen molar-refractivity contribution in [3.8, 4) is 0 Å². The highest BCUT2D eigenvalue weighted by Gasteiger charge is 2.17. The normalized spacial score (nSPS) is 12.6. The van der Waals surface area contributed by atoms with Gasteiger partial charge < -0.3 is 5.32 Å². The molecule has 1 atom stereocenters. The number of hydrogen-bond acceptors (Lipinski definition) is 4. The van der Waals surface area contributed by atoms with Gasteiger partial charge in [-0.25, -0.2) is 0 Å². The molecule has 0 saturated carbocycles. The van der Waals surface area contributed by atoms with Gasteiger partial charge in [0.1, 0.15) is 0 Å². The summed E-state index contributed by atoms with van der Waals surface area (Å²) in [5.74, 6) is 0.713. The highest BCUT2D eigenvalue weighted by atomic mass is 35.5. The summed E-state index contributed by atoms with van der Waals surface area (Å²) in [6, 6.07) is 6.20. The fraction of sp³-hybridized carbons (Fsp3) is 0.462. The van der Waals surface area contributed by atoms with Crippen LogP contribution in [0.2, 0.25) is 5.02 Å². The van der Waals surface area contributed by atoms with E-state index in [-0.39, 0.29) is 6.04 Å². The molecule has 0 amide bonds. The highest BCUT2D eigenvalue weighted by Crippen LogP contribution is 2.26. The molecule has 2 rings (SSSR count). The molecule has 1 aromatic heterocycles. The number of aryl methyl sites for hydroxylation is 2. The van der Waals surface area contributed by atoms with Crippen LogP contribution in [0.15, 0.2) is 18.2 Å². The van der Waals surface area contributed by atoms with Gasteiger partial charge in [-0.05, 0) is 35.9 Å². The summed E-state index contributed by atoms with van der Waals surface area (Å²) in [5.41, 5.74) is 2.23. The molecule has 0 radical (unpaired) electrons. The Morgan fingerprint density at radius 2 is 2.21 bits per heavy atom. The Labute approximate surface area is 118 Å². The van der Waals surface area contributed by atoms with Crippen LogP contribution in [0.3, 0.4) is 0 Å². The van der Waals surface area contributed by atoms with Crippen molar-refractivity contribution < 1.29 is 0 Å². The Morgan fingerprint density at radius 1 is 1.42 bits per heavy atom. The monoisotopic (exact) mass is 279 g/mol. The zero-order valence-electron chi connectivity index (χ0n) is 11.4. The lowest BCUT2D eigenvalue weighted by atomic mass is 10.0. The fourth-order valence-electron chi connectivity index (χ4n) is 2.04. The Kier molecular flexibility index (Phi) is 4.50. The van der Waals surface area contributed by atoms with Gasteiger partial charge >= 0.3 is 0 Å². The van der Waals surface area contributed by atoms with Gasteiger partial charge in [-0.1, -0.05) is 30.7 Å². The van der Waals surface area contributed by atoms with Crippen molar-refractivity contribution in [2.24, 2.45) is 7.05 Å². The lowest BCUT2D eigenvalue weighted by molar-refractivity contribution is 0.535. The molecule has 19 heavy (non-hydrogen) atoms. The topological polar surface area (TPSA) is 55.6 Å². The van der Waals surface area contributed by atoms with Crippen LogP contribution in [-0.2, 0) is 13.5 Å². The van der Waals surface area contributed by atoms with E-state index in [4.69, 9.17) is 11.6 Å². The number of aromatic nitrogens is 4. The van der Waals surface area contributed by atoms with Gasteiger partial charge in [0.2, 0.25) is 0 Å². The maximum Gasteiger partial charge on any atom is 0.176 e. The number of nitrogens with one attached hydrogen (secondary N) is 1.